The summed E-state index contributed by atoms with van der Waals surface area (Å²) in [6.45, 7) is 1.11. The SMILES string of the molecule is Brc1ccc(C2CC(NCCc3ccsc3)C2)cc1. The monoisotopic (exact) mass is 335 g/mol. The molecule has 0 aliphatic heterocycles. The Morgan fingerprint density at radius 1 is 1.16 bits per heavy atom. The predicted octanol–water partition coefficient (Wildman–Crippen LogP) is 4.59. The molecule has 1 aromatic carbocycles. The second-order valence-electron chi connectivity index (χ2n) is 5.25. The van der Waals surface area contributed by atoms with E-state index in [0.717, 1.165) is 18.9 Å². The van der Waals surface area contributed by atoms with Crippen LogP contribution in [0.2, 0.25) is 0 Å². The standard InChI is InChI=1S/C16H18BrNS/c17-15-3-1-13(2-4-15)14-9-16(10-14)18-7-5-12-6-8-19-11-12/h1-4,6,8,11,14,16,18H,5,7,9-10H2. The molecule has 1 nitrogen and oxygen atoms in total. The fraction of sp³-hybridized carbons (Fsp3) is 0.375. The van der Waals surface area contributed by atoms with Crippen molar-refractivity contribution in [2.45, 2.75) is 31.2 Å². The summed E-state index contributed by atoms with van der Waals surface area (Å²) in [6.07, 6.45) is 3.72. The highest BCUT2D eigenvalue weighted by Gasteiger charge is 2.29. The van der Waals surface area contributed by atoms with Crippen LogP contribution < -0.4 is 5.32 Å². The van der Waals surface area contributed by atoms with Crippen LogP contribution in [0.25, 0.3) is 0 Å². The highest BCUT2D eigenvalue weighted by Crippen LogP contribution is 2.37. The molecule has 0 unspecified atom stereocenters. The fourth-order valence-corrected chi connectivity index (χ4v) is 3.61. The first-order valence-corrected chi connectivity index (χ1v) is 8.55. The van der Waals surface area contributed by atoms with Gasteiger partial charge in [-0.2, -0.15) is 11.3 Å². The molecule has 1 saturated carbocycles. The molecule has 1 N–H and O–H groups in total. The quantitative estimate of drug-likeness (QED) is 0.842. The van der Waals surface area contributed by atoms with Gasteiger partial charge in [-0.25, -0.2) is 0 Å². The Morgan fingerprint density at radius 2 is 1.95 bits per heavy atom. The number of halogens is 1. The number of nitrogens with one attached hydrogen (secondary N) is 1. The van der Waals surface area contributed by atoms with Crippen molar-refractivity contribution in [2.75, 3.05) is 6.54 Å². The Kier molecular flexibility index (Phi) is 4.36. The average molecular weight is 336 g/mol. The summed E-state index contributed by atoms with van der Waals surface area (Å²) in [4.78, 5) is 0. The third-order valence-electron chi connectivity index (χ3n) is 3.91. The first kappa shape index (κ1) is 13.3. The molecule has 0 atom stereocenters. The minimum atomic E-state index is 0.715. The number of benzene rings is 1. The lowest BCUT2D eigenvalue weighted by molar-refractivity contribution is 0.293. The summed E-state index contributed by atoms with van der Waals surface area (Å²) < 4.78 is 1.17. The molecule has 100 valence electrons. The van der Waals surface area contributed by atoms with Gasteiger partial charge in [-0.1, -0.05) is 28.1 Å². The van der Waals surface area contributed by atoms with Crippen LogP contribution in [0.15, 0.2) is 45.6 Å². The molecule has 2 aromatic rings. The van der Waals surface area contributed by atoms with Crippen molar-refractivity contribution in [1.29, 1.82) is 0 Å². The van der Waals surface area contributed by atoms with Crippen LogP contribution in [0.4, 0.5) is 0 Å². The van der Waals surface area contributed by atoms with E-state index in [1.165, 1.54) is 28.4 Å². The van der Waals surface area contributed by atoms with Crippen LogP contribution in [-0.2, 0) is 6.42 Å². The molecular formula is C16H18BrNS. The number of thiophene rings is 1. The van der Waals surface area contributed by atoms with Crippen molar-refractivity contribution in [2.24, 2.45) is 0 Å². The lowest BCUT2D eigenvalue weighted by Crippen LogP contribution is -2.40. The van der Waals surface area contributed by atoms with E-state index >= 15 is 0 Å². The highest BCUT2D eigenvalue weighted by atomic mass is 79.9. The molecule has 1 heterocycles. The van der Waals surface area contributed by atoms with Gasteiger partial charge in [0.05, 0.1) is 0 Å². The predicted molar refractivity (Wildman–Crippen MR) is 85.9 cm³/mol. The maximum absolute atomic E-state index is 3.66. The van der Waals surface area contributed by atoms with E-state index in [-0.39, 0.29) is 0 Å². The molecule has 0 bridgehead atoms. The van der Waals surface area contributed by atoms with E-state index < -0.39 is 0 Å². The summed E-state index contributed by atoms with van der Waals surface area (Å²) in [7, 11) is 0. The third kappa shape index (κ3) is 3.47. The van der Waals surface area contributed by atoms with Crippen LogP contribution in [0.3, 0.4) is 0 Å². The van der Waals surface area contributed by atoms with Gasteiger partial charge in [0.25, 0.3) is 0 Å². The minimum Gasteiger partial charge on any atom is -0.314 e. The third-order valence-corrected chi connectivity index (χ3v) is 5.17. The summed E-state index contributed by atoms with van der Waals surface area (Å²) >= 11 is 5.27. The van der Waals surface area contributed by atoms with Gasteiger partial charge in [0.15, 0.2) is 0 Å². The maximum Gasteiger partial charge on any atom is 0.0175 e. The molecule has 19 heavy (non-hydrogen) atoms. The topological polar surface area (TPSA) is 12.0 Å². The van der Waals surface area contributed by atoms with Crippen molar-refractivity contribution >= 4 is 27.3 Å². The van der Waals surface area contributed by atoms with E-state index in [1.54, 1.807) is 11.3 Å². The number of rotatable bonds is 5. The summed E-state index contributed by atoms with van der Waals surface area (Å²) in [5.41, 5.74) is 2.94. The molecule has 1 aliphatic carbocycles. The lowest BCUT2D eigenvalue weighted by atomic mass is 9.76. The molecule has 0 saturated heterocycles. The van der Waals surface area contributed by atoms with Gasteiger partial charge in [-0.05, 0) is 71.8 Å². The van der Waals surface area contributed by atoms with Crippen molar-refractivity contribution in [3.05, 3.63) is 56.7 Å². The summed E-state index contributed by atoms with van der Waals surface area (Å²) in [6, 6.07) is 11.7. The van der Waals surface area contributed by atoms with Gasteiger partial charge in [0, 0.05) is 10.5 Å². The largest absolute Gasteiger partial charge is 0.314 e. The molecule has 1 aliphatic rings. The highest BCUT2D eigenvalue weighted by molar-refractivity contribution is 9.10. The Hall–Kier alpha value is -0.640. The molecule has 0 spiro atoms. The molecule has 1 aromatic heterocycles. The first-order valence-electron chi connectivity index (χ1n) is 6.81. The zero-order valence-corrected chi connectivity index (χ0v) is 13.2. The average Bonchev–Trinajstić information content (AvgIpc) is 2.87. The van der Waals surface area contributed by atoms with Gasteiger partial charge >= 0.3 is 0 Å². The van der Waals surface area contributed by atoms with Crippen LogP contribution in [-0.4, -0.2) is 12.6 Å². The number of hydrogen-bond acceptors (Lipinski definition) is 2. The smallest absolute Gasteiger partial charge is 0.0175 e. The zero-order chi connectivity index (χ0) is 13.1. The molecule has 0 amide bonds. The van der Waals surface area contributed by atoms with Crippen molar-refractivity contribution in [3.8, 4) is 0 Å². The van der Waals surface area contributed by atoms with E-state index in [0.29, 0.717) is 6.04 Å². The second-order valence-corrected chi connectivity index (χ2v) is 6.95. The van der Waals surface area contributed by atoms with E-state index in [2.05, 4.69) is 62.3 Å². The lowest BCUT2D eigenvalue weighted by Gasteiger charge is -2.36. The Labute approximate surface area is 127 Å². The van der Waals surface area contributed by atoms with Gasteiger partial charge in [-0.3, -0.25) is 0 Å². The van der Waals surface area contributed by atoms with Gasteiger partial charge in [-0.15, -0.1) is 0 Å². The first-order chi connectivity index (χ1) is 9.31. The van der Waals surface area contributed by atoms with E-state index in [4.69, 9.17) is 0 Å². The van der Waals surface area contributed by atoms with Gasteiger partial charge < -0.3 is 5.32 Å². The van der Waals surface area contributed by atoms with E-state index in [1.807, 2.05) is 0 Å². The Balaban J connectivity index is 1.39. The zero-order valence-electron chi connectivity index (χ0n) is 10.8. The van der Waals surface area contributed by atoms with Crippen LogP contribution >= 0.6 is 27.3 Å². The normalized spacial score (nSPS) is 22.2. The van der Waals surface area contributed by atoms with Crippen molar-refractivity contribution in [3.63, 3.8) is 0 Å². The van der Waals surface area contributed by atoms with E-state index in [9.17, 15) is 0 Å². The number of hydrogen-bond donors (Lipinski definition) is 1. The molecule has 3 heteroatoms. The van der Waals surface area contributed by atoms with Crippen LogP contribution in [0.5, 0.6) is 0 Å². The maximum atomic E-state index is 3.66. The van der Waals surface area contributed by atoms with Gasteiger partial charge in [0.2, 0.25) is 0 Å². The minimum absolute atomic E-state index is 0.715. The Bertz CT molecular complexity index is 500. The van der Waals surface area contributed by atoms with Crippen LogP contribution in [0.1, 0.15) is 29.9 Å². The molecule has 1 fully saturated rings. The Morgan fingerprint density at radius 3 is 2.63 bits per heavy atom. The van der Waals surface area contributed by atoms with Gasteiger partial charge in [0.1, 0.15) is 0 Å². The molecule has 3 rings (SSSR count). The second kappa shape index (κ2) is 6.21. The van der Waals surface area contributed by atoms with Crippen molar-refractivity contribution < 1.29 is 0 Å². The summed E-state index contributed by atoms with van der Waals surface area (Å²) in [5.74, 6) is 0.756. The fourth-order valence-electron chi connectivity index (χ4n) is 2.65. The van der Waals surface area contributed by atoms with Crippen LogP contribution in [0, 0.1) is 0 Å². The van der Waals surface area contributed by atoms with Crippen molar-refractivity contribution in [1.82, 2.24) is 5.32 Å². The molecular weight excluding hydrogens is 318 g/mol. The summed E-state index contributed by atoms with van der Waals surface area (Å²) in [5, 5.41) is 8.06. The molecule has 0 radical (unpaired) electrons.